The van der Waals surface area contributed by atoms with Crippen molar-refractivity contribution in [2.24, 2.45) is 0 Å². The van der Waals surface area contributed by atoms with E-state index in [0.717, 1.165) is 13.8 Å². The minimum atomic E-state index is -2.84. The first-order valence-corrected chi connectivity index (χ1v) is 14.2. The van der Waals surface area contributed by atoms with Crippen LogP contribution in [0.2, 0.25) is 0 Å². The summed E-state index contributed by atoms with van der Waals surface area (Å²) in [4.78, 5) is 35.7. The van der Waals surface area contributed by atoms with Gasteiger partial charge < -0.3 is 90.5 Å². The maximum Gasteiger partial charge on any atom is 0.364 e. The molecule has 3 heterocycles. The van der Waals surface area contributed by atoms with Crippen molar-refractivity contribution in [1.82, 2.24) is 10.6 Å². The van der Waals surface area contributed by atoms with Crippen molar-refractivity contribution in [2.45, 2.75) is 118 Å². The van der Waals surface area contributed by atoms with E-state index in [1.807, 2.05) is 0 Å². The highest BCUT2D eigenvalue weighted by molar-refractivity contribution is 5.76. The summed E-state index contributed by atoms with van der Waals surface area (Å²) in [5.41, 5.74) is 0. The van der Waals surface area contributed by atoms with E-state index in [-0.39, 0.29) is 0 Å². The van der Waals surface area contributed by atoms with Gasteiger partial charge in [0.15, 0.2) is 12.6 Å². The number of carboxylic acid groups (broad SMARTS) is 1. The van der Waals surface area contributed by atoms with Crippen LogP contribution in [0.25, 0.3) is 0 Å². The molecule has 0 aromatic rings. The number of rotatable bonds is 12. The fourth-order valence-electron chi connectivity index (χ4n) is 5.46. The largest absolute Gasteiger partial charge is 0.477 e. The third-order valence-corrected chi connectivity index (χ3v) is 7.87. The van der Waals surface area contributed by atoms with Crippen LogP contribution < -0.4 is 10.6 Å². The molecule has 3 fully saturated rings. The molecule has 266 valence electrons. The summed E-state index contributed by atoms with van der Waals surface area (Å²) in [6.45, 7) is -0.695. The second kappa shape index (κ2) is 15.8. The topological polar surface area (TPSA) is 344 Å². The van der Waals surface area contributed by atoms with Crippen LogP contribution in [0.15, 0.2) is 0 Å². The molecule has 3 rings (SSSR count). The molecule has 0 radical (unpaired) electrons. The van der Waals surface area contributed by atoms with E-state index in [4.69, 9.17) is 23.7 Å². The van der Waals surface area contributed by atoms with Gasteiger partial charge in [0.1, 0.15) is 67.1 Å². The van der Waals surface area contributed by atoms with Crippen molar-refractivity contribution in [3.63, 3.8) is 0 Å². The molecular weight excluding hydrogens is 632 g/mol. The number of carbonyl (C=O) groups is 3. The van der Waals surface area contributed by atoms with Crippen molar-refractivity contribution in [1.29, 1.82) is 0 Å². The summed E-state index contributed by atoms with van der Waals surface area (Å²) in [7, 11) is 0. The smallest absolute Gasteiger partial charge is 0.364 e. The zero-order valence-electron chi connectivity index (χ0n) is 24.7. The summed E-state index contributed by atoms with van der Waals surface area (Å²) in [6, 6.07) is -2.96. The number of carboxylic acids is 1. The molecule has 3 aliphatic rings. The number of ether oxygens (including phenoxy) is 5. The predicted octanol–water partition coefficient (Wildman–Crippen LogP) is -8.08. The highest BCUT2D eigenvalue weighted by atomic mass is 16.8. The predicted molar refractivity (Wildman–Crippen MR) is 142 cm³/mol. The molecule has 0 bridgehead atoms. The third kappa shape index (κ3) is 8.26. The Hall–Kier alpha value is -2.19. The molecule has 13 N–H and O–H groups in total. The molecule has 2 amide bonds. The lowest BCUT2D eigenvalue weighted by atomic mass is 9.88. The van der Waals surface area contributed by atoms with Gasteiger partial charge in [0.25, 0.3) is 5.79 Å². The van der Waals surface area contributed by atoms with E-state index in [9.17, 15) is 70.6 Å². The van der Waals surface area contributed by atoms with Gasteiger partial charge >= 0.3 is 5.97 Å². The average molecular weight is 675 g/mol. The Balaban J connectivity index is 1.83. The van der Waals surface area contributed by atoms with Gasteiger partial charge in [-0.15, -0.1) is 0 Å². The normalized spacial score (nSPS) is 42.9. The summed E-state index contributed by atoms with van der Waals surface area (Å²) in [6.07, 6.45) is -24.9. The van der Waals surface area contributed by atoms with E-state index in [1.54, 1.807) is 0 Å². The summed E-state index contributed by atoms with van der Waals surface area (Å²) in [5, 5.41) is 117. The molecule has 16 atom stereocenters. The van der Waals surface area contributed by atoms with Crippen LogP contribution in [-0.4, -0.2) is 191 Å². The van der Waals surface area contributed by atoms with Crippen molar-refractivity contribution in [2.75, 3.05) is 19.8 Å². The number of amides is 2. The van der Waals surface area contributed by atoms with E-state index >= 15 is 0 Å². The number of carbonyl (C=O) groups excluding carboxylic acids is 2. The maximum absolute atomic E-state index is 12.4. The van der Waals surface area contributed by atoms with Gasteiger partial charge in [0.2, 0.25) is 11.8 Å². The fraction of sp³-hybridized carbons (Fsp3) is 0.880. The molecule has 46 heavy (non-hydrogen) atoms. The van der Waals surface area contributed by atoms with Crippen LogP contribution in [0, 0.1) is 0 Å². The number of hydrogen-bond donors (Lipinski definition) is 13. The SMILES string of the molecule is CC(=O)NC1C(O)OC(CO)C(OC2OC(CO[C@@]3(C(=O)O)CC(O)C(NC(C)=O)C(C(O)C(O)CO)O3)C(O)C(O)C2O)C1O. The number of hydrogen-bond acceptors (Lipinski definition) is 18. The van der Waals surface area contributed by atoms with Crippen LogP contribution in [0.3, 0.4) is 0 Å². The average Bonchev–Trinajstić information content (AvgIpc) is 2.99. The zero-order valence-corrected chi connectivity index (χ0v) is 24.7. The number of nitrogens with one attached hydrogen (secondary N) is 2. The molecule has 0 spiro atoms. The Morgan fingerprint density at radius 2 is 1.48 bits per heavy atom. The van der Waals surface area contributed by atoms with Gasteiger partial charge in [0.05, 0.1) is 32.0 Å². The van der Waals surface area contributed by atoms with Gasteiger partial charge in [-0.2, -0.15) is 0 Å². The van der Waals surface area contributed by atoms with Crippen molar-refractivity contribution in [3.05, 3.63) is 0 Å². The molecule has 21 nitrogen and oxygen atoms in total. The van der Waals surface area contributed by atoms with Crippen LogP contribution in [0.4, 0.5) is 0 Å². The Labute approximate surface area is 260 Å². The minimum absolute atomic E-state index is 0.677. The molecule has 21 heteroatoms. The Morgan fingerprint density at radius 3 is 2.02 bits per heavy atom. The Kier molecular flexibility index (Phi) is 13.1. The highest BCUT2D eigenvalue weighted by Gasteiger charge is 2.57. The highest BCUT2D eigenvalue weighted by Crippen LogP contribution is 2.35. The Bertz CT molecular complexity index is 1050. The van der Waals surface area contributed by atoms with Gasteiger partial charge in [0, 0.05) is 20.3 Å². The van der Waals surface area contributed by atoms with Crippen LogP contribution in [0.5, 0.6) is 0 Å². The van der Waals surface area contributed by atoms with E-state index in [2.05, 4.69) is 10.6 Å². The second-order valence-electron chi connectivity index (χ2n) is 11.3. The first-order valence-electron chi connectivity index (χ1n) is 14.2. The molecule has 15 unspecified atom stereocenters. The molecule has 0 saturated carbocycles. The van der Waals surface area contributed by atoms with Crippen molar-refractivity contribution < 1.29 is 94.2 Å². The quantitative estimate of drug-likeness (QED) is 0.0913. The maximum atomic E-state index is 12.4. The molecule has 3 aliphatic heterocycles. The fourth-order valence-corrected chi connectivity index (χ4v) is 5.46. The lowest BCUT2D eigenvalue weighted by Gasteiger charge is -2.48. The lowest BCUT2D eigenvalue weighted by molar-refractivity contribution is -0.358. The Morgan fingerprint density at radius 1 is 0.870 bits per heavy atom. The minimum Gasteiger partial charge on any atom is -0.477 e. The summed E-state index contributed by atoms with van der Waals surface area (Å²) in [5.74, 6) is -6.12. The number of aliphatic hydroxyl groups excluding tert-OH is 10. The third-order valence-electron chi connectivity index (χ3n) is 7.87. The van der Waals surface area contributed by atoms with Crippen molar-refractivity contribution in [3.8, 4) is 0 Å². The monoisotopic (exact) mass is 674 g/mol. The van der Waals surface area contributed by atoms with E-state index in [0.29, 0.717) is 0 Å². The van der Waals surface area contributed by atoms with Crippen LogP contribution >= 0.6 is 0 Å². The van der Waals surface area contributed by atoms with E-state index in [1.165, 1.54) is 0 Å². The van der Waals surface area contributed by atoms with Crippen LogP contribution in [-0.2, 0) is 38.1 Å². The molecular formula is C25H42N2O19. The number of aliphatic hydroxyl groups is 10. The molecule has 0 aromatic carbocycles. The summed E-state index contributed by atoms with van der Waals surface area (Å²) < 4.78 is 27.2. The molecule has 0 aliphatic carbocycles. The molecule has 0 aromatic heterocycles. The van der Waals surface area contributed by atoms with Crippen molar-refractivity contribution >= 4 is 17.8 Å². The first kappa shape index (κ1) is 38.3. The van der Waals surface area contributed by atoms with Gasteiger partial charge in [-0.3, -0.25) is 9.59 Å². The van der Waals surface area contributed by atoms with Gasteiger partial charge in [-0.25, -0.2) is 4.79 Å². The number of aliphatic carboxylic acids is 1. The lowest BCUT2D eigenvalue weighted by Crippen LogP contribution is -2.69. The first-order chi connectivity index (χ1) is 21.5. The summed E-state index contributed by atoms with van der Waals surface area (Å²) >= 11 is 0. The van der Waals surface area contributed by atoms with Gasteiger partial charge in [-0.05, 0) is 0 Å². The van der Waals surface area contributed by atoms with Gasteiger partial charge in [-0.1, -0.05) is 0 Å². The standard InChI is InChI=1S/C25H42N2O19/c1-7(30)26-13-9(32)3-25(24(40)41,46-21(13)15(34)10(33)4-28)42-6-12-16(35)18(37)19(38)23(44-12)45-20-11(5-29)43-22(39)14(17(20)36)27-8(2)31/h9-23,28-29,32-39H,3-6H2,1-2H3,(H,26,30)(H,27,31)(H,40,41)/t9?,10?,11?,12?,13?,14?,15?,16?,17?,18?,19?,20?,21?,22?,23?,25-/m0/s1. The zero-order chi connectivity index (χ0) is 34.7. The van der Waals surface area contributed by atoms with Crippen LogP contribution in [0.1, 0.15) is 20.3 Å². The molecule has 3 saturated heterocycles. The second-order valence-corrected chi connectivity index (χ2v) is 11.3. The van der Waals surface area contributed by atoms with E-state index < -0.39 is 142 Å².